The van der Waals surface area contributed by atoms with Crippen LogP contribution < -0.4 is 5.48 Å². The number of benzene rings is 1. The van der Waals surface area contributed by atoms with Gasteiger partial charge in [0, 0.05) is 0 Å². The number of thioether (sulfide) groups is 1. The van der Waals surface area contributed by atoms with E-state index in [2.05, 4.69) is 35.9 Å². The SMILES string of the molecule is CCSc1nonc1/C(=N/c1ccc(F)c(Br)c1)NO. The summed E-state index contributed by atoms with van der Waals surface area (Å²) < 4.78 is 18.1. The lowest BCUT2D eigenvalue weighted by molar-refractivity contribution is 0.234. The minimum Gasteiger partial charge on any atom is -0.290 e. The third kappa shape index (κ3) is 3.35. The fourth-order valence-electron chi connectivity index (χ4n) is 1.37. The molecule has 0 radical (unpaired) electrons. The number of amidine groups is 1. The summed E-state index contributed by atoms with van der Waals surface area (Å²) in [6.45, 7) is 1.95. The van der Waals surface area contributed by atoms with E-state index in [-0.39, 0.29) is 10.3 Å². The van der Waals surface area contributed by atoms with Crippen LogP contribution >= 0.6 is 27.7 Å². The van der Waals surface area contributed by atoms with E-state index in [4.69, 9.17) is 0 Å². The van der Waals surface area contributed by atoms with Gasteiger partial charge in [0.25, 0.3) is 0 Å². The number of nitrogens with one attached hydrogen (secondary N) is 1. The maximum atomic E-state index is 13.2. The average Bonchev–Trinajstić information content (AvgIpc) is 2.88. The van der Waals surface area contributed by atoms with Crippen LogP contribution in [0.25, 0.3) is 0 Å². The Bertz CT molecular complexity index is 635. The number of hydroxylamine groups is 1. The van der Waals surface area contributed by atoms with Gasteiger partial charge >= 0.3 is 0 Å². The first-order valence-corrected chi connectivity index (χ1v) is 7.33. The molecule has 2 aromatic rings. The summed E-state index contributed by atoms with van der Waals surface area (Å²) in [4.78, 5) is 4.15. The van der Waals surface area contributed by atoms with Crippen molar-refractivity contribution in [2.24, 2.45) is 4.99 Å². The van der Waals surface area contributed by atoms with Gasteiger partial charge in [0.05, 0.1) is 10.2 Å². The predicted molar refractivity (Wildman–Crippen MR) is 75.9 cm³/mol. The number of hydrogen-bond donors (Lipinski definition) is 2. The van der Waals surface area contributed by atoms with E-state index in [0.29, 0.717) is 16.4 Å². The van der Waals surface area contributed by atoms with E-state index in [1.807, 2.05) is 12.4 Å². The number of halogens is 2. The van der Waals surface area contributed by atoms with E-state index < -0.39 is 5.82 Å². The Morgan fingerprint density at radius 2 is 2.35 bits per heavy atom. The predicted octanol–water partition coefficient (Wildman–Crippen LogP) is 3.14. The Labute approximate surface area is 126 Å². The first-order chi connectivity index (χ1) is 9.65. The molecule has 9 heteroatoms. The van der Waals surface area contributed by atoms with Crippen LogP contribution in [0.4, 0.5) is 10.1 Å². The van der Waals surface area contributed by atoms with Crippen LogP contribution in [0.1, 0.15) is 12.6 Å². The second-order valence-corrected chi connectivity index (χ2v) is 5.63. The van der Waals surface area contributed by atoms with Gasteiger partial charge in [0.1, 0.15) is 5.82 Å². The van der Waals surface area contributed by atoms with Gasteiger partial charge in [-0.3, -0.25) is 10.7 Å². The van der Waals surface area contributed by atoms with Gasteiger partial charge in [-0.1, -0.05) is 6.92 Å². The Morgan fingerprint density at radius 1 is 1.55 bits per heavy atom. The number of aliphatic imine (C=N–C) groups is 1. The fraction of sp³-hybridized carbons (Fsp3) is 0.182. The highest BCUT2D eigenvalue weighted by atomic mass is 79.9. The zero-order valence-corrected chi connectivity index (χ0v) is 12.7. The van der Waals surface area contributed by atoms with Crippen molar-refractivity contribution in [1.82, 2.24) is 15.8 Å². The summed E-state index contributed by atoms with van der Waals surface area (Å²) in [7, 11) is 0. The summed E-state index contributed by atoms with van der Waals surface area (Å²) >= 11 is 4.47. The second-order valence-electron chi connectivity index (χ2n) is 3.52. The van der Waals surface area contributed by atoms with Gasteiger partial charge in [-0.15, -0.1) is 11.8 Å². The molecule has 0 spiro atoms. The fourth-order valence-corrected chi connectivity index (χ4v) is 2.37. The molecule has 2 N–H and O–H groups in total. The number of hydrogen-bond acceptors (Lipinski definition) is 6. The normalized spacial score (nSPS) is 11.7. The van der Waals surface area contributed by atoms with Gasteiger partial charge in [-0.05, 0) is 50.2 Å². The first kappa shape index (κ1) is 14.9. The third-order valence-corrected chi connectivity index (χ3v) is 3.65. The van der Waals surface area contributed by atoms with Crippen LogP contribution in [0.3, 0.4) is 0 Å². The standard InChI is InChI=1S/C11H10BrFN4O2S/c1-2-20-11-9(16-19-17-11)10(15-18)14-6-3-4-8(13)7(12)5-6/h3-5,18H,2H2,1H3,(H,14,15). The highest BCUT2D eigenvalue weighted by molar-refractivity contribution is 9.10. The molecule has 2 rings (SSSR count). The van der Waals surface area contributed by atoms with Crippen molar-refractivity contribution in [3.63, 3.8) is 0 Å². The van der Waals surface area contributed by atoms with Crippen LogP contribution in [-0.4, -0.2) is 27.1 Å². The molecule has 1 aromatic heterocycles. The van der Waals surface area contributed by atoms with Crippen molar-refractivity contribution >= 4 is 39.2 Å². The van der Waals surface area contributed by atoms with Crippen molar-refractivity contribution in [2.45, 2.75) is 11.9 Å². The molecule has 0 saturated heterocycles. The smallest absolute Gasteiger partial charge is 0.186 e. The van der Waals surface area contributed by atoms with Gasteiger partial charge in [-0.2, -0.15) is 0 Å². The molecule has 0 unspecified atom stereocenters. The largest absolute Gasteiger partial charge is 0.290 e. The molecule has 0 aliphatic heterocycles. The van der Waals surface area contributed by atoms with Crippen molar-refractivity contribution in [1.29, 1.82) is 0 Å². The quantitative estimate of drug-likeness (QED) is 0.377. The van der Waals surface area contributed by atoms with Crippen LogP contribution in [0.15, 0.2) is 37.3 Å². The van der Waals surface area contributed by atoms with Crippen LogP contribution in [0.5, 0.6) is 0 Å². The monoisotopic (exact) mass is 360 g/mol. The molecule has 1 heterocycles. The topological polar surface area (TPSA) is 83.5 Å². The summed E-state index contributed by atoms with van der Waals surface area (Å²) in [6.07, 6.45) is 0. The number of nitrogens with zero attached hydrogens (tertiary/aromatic N) is 3. The minimum atomic E-state index is -0.396. The maximum Gasteiger partial charge on any atom is 0.186 e. The summed E-state index contributed by atoms with van der Waals surface area (Å²) in [6, 6.07) is 4.21. The van der Waals surface area contributed by atoms with Crippen molar-refractivity contribution in [2.75, 3.05) is 5.75 Å². The second kappa shape index (κ2) is 6.82. The molecular weight excluding hydrogens is 351 g/mol. The number of aromatic nitrogens is 2. The average molecular weight is 361 g/mol. The lowest BCUT2D eigenvalue weighted by atomic mass is 10.3. The minimum absolute atomic E-state index is 0.0701. The Balaban J connectivity index is 2.37. The molecule has 1 aromatic carbocycles. The van der Waals surface area contributed by atoms with Crippen LogP contribution in [0, 0.1) is 5.82 Å². The molecule has 20 heavy (non-hydrogen) atoms. The Morgan fingerprint density at radius 3 is 3.00 bits per heavy atom. The van der Waals surface area contributed by atoms with Crippen LogP contribution in [0.2, 0.25) is 0 Å². The maximum absolute atomic E-state index is 13.2. The summed E-state index contributed by atoms with van der Waals surface area (Å²) in [5, 5.41) is 17.1. The molecular formula is C11H10BrFN4O2S. The van der Waals surface area contributed by atoms with E-state index in [0.717, 1.165) is 5.75 Å². The Kier molecular flexibility index (Phi) is 5.10. The van der Waals surface area contributed by atoms with E-state index in [1.165, 1.54) is 30.0 Å². The van der Waals surface area contributed by atoms with Gasteiger partial charge in [0.2, 0.25) is 0 Å². The van der Waals surface area contributed by atoms with Gasteiger partial charge in [0.15, 0.2) is 16.6 Å². The lowest BCUT2D eigenvalue weighted by Gasteiger charge is -2.03. The molecule has 0 atom stereocenters. The molecule has 0 aliphatic rings. The van der Waals surface area contributed by atoms with E-state index in [1.54, 1.807) is 0 Å². The molecule has 0 aliphatic carbocycles. The van der Waals surface area contributed by atoms with Crippen molar-refractivity contribution < 1.29 is 14.2 Å². The van der Waals surface area contributed by atoms with E-state index in [9.17, 15) is 9.60 Å². The Hall–Kier alpha value is -1.45. The van der Waals surface area contributed by atoms with E-state index >= 15 is 0 Å². The molecule has 0 fully saturated rings. The van der Waals surface area contributed by atoms with Crippen molar-refractivity contribution in [3.05, 3.63) is 34.2 Å². The first-order valence-electron chi connectivity index (χ1n) is 5.55. The summed E-state index contributed by atoms with van der Waals surface area (Å²) in [5.41, 5.74) is 2.68. The molecule has 0 saturated carbocycles. The molecule has 106 valence electrons. The van der Waals surface area contributed by atoms with Gasteiger partial charge < -0.3 is 0 Å². The summed E-state index contributed by atoms with van der Waals surface area (Å²) in [5.74, 6) is 0.440. The van der Waals surface area contributed by atoms with Gasteiger partial charge in [-0.25, -0.2) is 14.0 Å². The highest BCUT2D eigenvalue weighted by Crippen LogP contribution is 2.24. The number of rotatable bonds is 4. The zero-order chi connectivity index (χ0) is 14.5. The molecule has 0 bridgehead atoms. The molecule has 0 amide bonds. The lowest BCUT2D eigenvalue weighted by Crippen LogP contribution is -2.21. The zero-order valence-electron chi connectivity index (χ0n) is 10.3. The van der Waals surface area contributed by atoms with Crippen molar-refractivity contribution in [3.8, 4) is 0 Å². The molecule has 6 nitrogen and oxygen atoms in total. The third-order valence-electron chi connectivity index (χ3n) is 2.21. The highest BCUT2D eigenvalue weighted by Gasteiger charge is 2.16. The van der Waals surface area contributed by atoms with Crippen LogP contribution in [-0.2, 0) is 0 Å².